The lowest BCUT2D eigenvalue weighted by Crippen LogP contribution is -2.20. The Morgan fingerprint density at radius 3 is 2.04 bits per heavy atom. The van der Waals surface area contributed by atoms with Crippen LogP contribution in [0.1, 0.15) is 24.8 Å². The minimum absolute atomic E-state index is 0.0713. The zero-order valence-electron chi connectivity index (χ0n) is 14.5. The maximum Gasteiger partial charge on any atom is 0.231 e. The molecule has 0 saturated heterocycles. The number of amides is 1. The first-order valence-corrected chi connectivity index (χ1v) is 7.80. The van der Waals surface area contributed by atoms with Crippen LogP contribution in [0.15, 0.2) is 42.5 Å². The summed E-state index contributed by atoms with van der Waals surface area (Å²) in [4.78, 5) is 12.7. The van der Waals surface area contributed by atoms with E-state index >= 15 is 0 Å². The Hall–Kier alpha value is -2.69. The van der Waals surface area contributed by atoms with Gasteiger partial charge in [-0.3, -0.25) is 4.79 Å². The van der Waals surface area contributed by atoms with Crippen molar-refractivity contribution >= 4 is 11.6 Å². The Morgan fingerprint density at radius 1 is 1.00 bits per heavy atom. The highest BCUT2D eigenvalue weighted by atomic mass is 16.5. The average Bonchev–Trinajstić information content (AvgIpc) is 2.62. The number of ether oxygens (including phenoxy) is 3. The molecular weight excluding hydrogens is 306 g/mol. The molecule has 2 rings (SSSR count). The number of carbonyl (C=O) groups excluding carboxylic acids is 1. The van der Waals surface area contributed by atoms with Gasteiger partial charge >= 0.3 is 0 Å². The van der Waals surface area contributed by atoms with Gasteiger partial charge < -0.3 is 19.5 Å². The molecule has 128 valence electrons. The molecule has 0 aliphatic heterocycles. The van der Waals surface area contributed by atoms with Gasteiger partial charge in [0.25, 0.3) is 0 Å². The van der Waals surface area contributed by atoms with E-state index in [2.05, 4.69) is 5.32 Å². The predicted octanol–water partition coefficient (Wildman–Crippen LogP) is 3.84. The lowest BCUT2D eigenvalue weighted by molar-refractivity contribution is -0.117. The van der Waals surface area contributed by atoms with Crippen LogP contribution in [0.2, 0.25) is 0 Å². The van der Waals surface area contributed by atoms with Gasteiger partial charge in [-0.1, -0.05) is 37.3 Å². The number of rotatable bonds is 7. The van der Waals surface area contributed by atoms with Crippen LogP contribution in [0.4, 0.5) is 5.69 Å². The molecule has 24 heavy (non-hydrogen) atoms. The smallest absolute Gasteiger partial charge is 0.231 e. The van der Waals surface area contributed by atoms with Crippen molar-refractivity contribution in [2.45, 2.75) is 19.3 Å². The van der Waals surface area contributed by atoms with Gasteiger partial charge in [0.15, 0.2) is 11.5 Å². The summed E-state index contributed by atoms with van der Waals surface area (Å²) in [6.07, 6.45) is 0.709. The van der Waals surface area contributed by atoms with Crippen LogP contribution in [0.5, 0.6) is 17.2 Å². The highest BCUT2D eigenvalue weighted by molar-refractivity contribution is 5.96. The van der Waals surface area contributed by atoms with Crippen LogP contribution in [-0.2, 0) is 4.79 Å². The van der Waals surface area contributed by atoms with Gasteiger partial charge in [-0.2, -0.15) is 0 Å². The summed E-state index contributed by atoms with van der Waals surface area (Å²) in [5, 5.41) is 2.94. The second-order valence-electron chi connectivity index (χ2n) is 5.27. The molecule has 0 heterocycles. The largest absolute Gasteiger partial charge is 0.493 e. The molecule has 0 fully saturated rings. The second-order valence-corrected chi connectivity index (χ2v) is 5.27. The third-order valence-electron chi connectivity index (χ3n) is 3.86. The summed E-state index contributed by atoms with van der Waals surface area (Å²) in [6, 6.07) is 13.2. The van der Waals surface area contributed by atoms with Crippen LogP contribution >= 0.6 is 0 Å². The normalized spacial score (nSPS) is 11.5. The molecule has 5 heteroatoms. The number of benzene rings is 2. The molecule has 2 aromatic rings. The van der Waals surface area contributed by atoms with Gasteiger partial charge in [0.2, 0.25) is 11.7 Å². The predicted molar refractivity (Wildman–Crippen MR) is 94.2 cm³/mol. The number of nitrogens with one attached hydrogen (secondary N) is 1. The number of carbonyl (C=O) groups is 1. The summed E-state index contributed by atoms with van der Waals surface area (Å²) >= 11 is 0. The molecule has 0 spiro atoms. The number of hydrogen-bond donors (Lipinski definition) is 1. The van der Waals surface area contributed by atoms with Crippen LogP contribution < -0.4 is 19.5 Å². The van der Waals surface area contributed by atoms with E-state index in [-0.39, 0.29) is 11.8 Å². The van der Waals surface area contributed by atoms with Gasteiger partial charge in [0.05, 0.1) is 27.2 Å². The van der Waals surface area contributed by atoms with E-state index in [4.69, 9.17) is 14.2 Å². The van der Waals surface area contributed by atoms with Crippen molar-refractivity contribution in [3.05, 3.63) is 48.0 Å². The molecule has 0 aliphatic rings. The minimum Gasteiger partial charge on any atom is -0.493 e. The zero-order chi connectivity index (χ0) is 17.5. The average molecular weight is 329 g/mol. The summed E-state index contributed by atoms with van der Waals surface area (Å²) in [6.45, 7) is 1.99. The molecular formula is C19H23NO4. The summed E-state index contributed by atoms with van der Waals surface area (Å²) < 4.78 is 15.9. The molecule has 0 bridgehead atoms. The first kappa shape index (κ1) is 17.7. The molecule has 0 radical (unpaired) electrons. The van der Waals surface area contributed by atoms with Gasteiger partial charge in [0, 0.05) is 17.8 Å². The number of hydrogen-bond acceptors (Lipinski definition) is 4. The standard InChI is InChI=1S/C19H23NO4/c1-5-15(13-9-7-6-8-10-13)19(21)20-14-11-16(22-2)18(24-4)17(12-14)23-3/h6-12,15H,5H2,1-4H3,(H,20,21)/t15-/m1/s1. The van der Waals surface area contributed by atoms with Crippen LogP contribution in [0.3, 0.4) is 0 Å². The van der Waals surface area contributed by atoms with Crippen molar-refractivity contribution in [2.75, 3.05) is 26.6 Å². The molecule has 1 amide bonds. The van der Waals surface area contributed by atoms with E-state index in [1.807, 2.05) is 37.3 Å². The van der Waals surface area contributed by atoms with E-state index in [1.165, 1.54) is 0 Å². The van der Waals surface area contributed by atoms with E-state index < -0.39 is 0 Å². The molecule has 0 saturated carbocycles. The van der Waals surface area contributed by atoms with Gasteiger partial charge in [-0.25, -0.2) is 0 Å². The minimum atomic E-state index is -0.217. The lowest BCUT2D eigenvalue weighted by Gasteiger charge is -2.18. The fourth-order valence-corrected chi connectivity index (χ4v) is 2.64. The van der Waals surface area contributed by atoms with Crippen molar-refractivity contribution in [3.63, 3.8) is 0 Å². The number of anilines is 1. The molecule has 1 atom stereocenters. The summed E-state index contributed by atoms with van der Waals surface area (Å²) in [5.41, 5.74) is 1.59. The molecule has 2 aromatic carbocycles. The topological polar surface area (TPSA) is 56.8 Å². The van der Waals surface area contributed by atoms with Gasteiger partial charge in [-0.05, 0) is 12.0 Å². The monoisotopic (exact) mass is 329 g/mol. The van der Waals surface area contributed by atoms with E-state index in [1.54, 1.807) is 33.5 Å². The van der Waals surface area contributed by atoms with Crippen molar-refractivity contribution < 1.29 is 19.0 Å². The van der Waals surface area contributed by atoms with Crippen molar-refractivity contribution in [3.8, 4) is 17.2 Å². The zero-order valence-corrected chi connectivity index (χ0v) is 14.5. The number of methoxy groups -OCH3 is 3. The van der Waals surface area contributed by atoms with Crippen LogP contribution in [0.25, 0.3) is 0 Å². The SMILES string of the molecule is CC[C@@H](C(=O)Nc1cc(OC)c(OC)c(OC)c1)c1ccccc1. The molecule has 1 N–H and O–H groups in total. The lowest BCUT2D eigenvalue weighted by atomic mass is 9.95. The van der Waals surface area contributed by atoms with Crippen LogP contribution in [-0.4, -0.2) is 27.2 Å². The molecule has 5 nitrogen and oxygen atoms in total. The third-order valence-corrected chi connectivity index (χ3v) is 3.86. The molecule has 0 aromatic heterocycles. The van der Waals surface area contributed by atoms with Crippen LogP contribution in [0, 0.1) is 0 Å². The first-order chi connectivity index (χ1) is 11.6. The molecule has 0 aliphatic carbocycles. The molecule has 0 unspecified atom stereocenters. The highest BCUT2D eigenvalue weighted by Crippen LogP contribution is 2.40. The first-order valence-electron chi connectivity index (χ1n) is 7.80. The third kappa shape index (κ3) is 3.79. The van der Waals surface area contributed by atoms with Crippen molar-refractivity contribution in [1.29, 1.82) is 0 Å². The van der Waals surface area contributed by atoms with E-state index in [9.17, 15) is 4.79 Å². The Kier molecular flexibility index (Phi) is 6.07. The summed E-state index contributed by atoms with van der Waals surface area (Å²) in [7, 11) is 4.63. The van der Waals surface area contributed by atoms with Gasteiger partial charge in [-0.15, -0.1) is 0 Å². The Labute approximate surface area is 142 Å². The van der Waals surface area contributed by atoms with Crippen molar-refractivity contribution in [1.82, 2.24) is 0 Å². The Morgan fingerprint density at radius 2 is 1.58 bits per heavy atom. The summed E-state index contributed by atoms with van der Waals surface area (Å²) in [5.74, 6) is 1.20. The van der Waals surface area contributed by atoms with Gasteiger partial charge in [0.1, 0.15) is 0 Å². The van der Waals surface area contributed by atoms with E-state index in [0.717, 1.165) is 5.56 Å². The Balaban J connectivity index is 2.28. The Bertz CT molecular complexity index is 660. The van der Waals surface area contributed by atoms with E-state index in [0.29, 0.717) is 29.4 Å². The fourth-order valence-electron chi connectivity index (χ4n) is 2.64. The maximum absolute atomic E-state index is 12.7. The second kappa shape index (κ2) is 8.24. The maximum atomic E-state index is 12.7. The quantitative estimate of drug-likeness (QED) is 0.838. The highest BCUT2D eigenvalue weighted by Gasteiger charge is 2.20. The van der Waals surface area contributed by atoms with Crippen molar-refractivity contribution in [2.24, 2.45) is 0 Å². The fraction of sp³-hybridized carbons (Fsp3) is 0.316.